The van der Waals surface area contributed by atoms with Crippen molar-refractivity contribution in [2.45, 2.75) is 10.8 Å². The lowest BCUT2D eigenvalue weighted by molar-refractivity contribution is 0.753. The summed E-state index contributed by atoms with van der Waals surface area (Å²) in [4.78, 5) is 5.06. The van der Waals surface area contributed by atoms with Crippen molar-refractivity contribution < 1.29 is 0 Å². The zero-order chi connectivity index (χ0) is 48.5. The smallest absolute Gasteiger partial charge is 0.0755 e. The maximum Gasteiger partial charge on any atom is 0.0755 e. The standard InChI is InChI=1S/C72H46N2/c1-4-22-48(23-5-1)59-45-60-58-32-20-38-68-70(58)71(50-25-6-2-7-26-50,64-36-18-19-37-67(64)74(68)51-27-8-3-9-28-51)66(60)46-69(59)73(52-40-39-47-21-10-11-24-49(47)43-52)53-41-42-57-56-31-14-17-35-63(56)72(65(57)44-53)61-33-15-12-29-54(61)55-30-13-16-34-62(55)72/h1-46H. The Kier molecular flexibility index (Phi) is 8.62. The number of benzene rings is 12. The summed E-state index contributed by atoms with van der Waals surface area (Å²) >= 11 is 0. The van der Waals surface area contributed by atoms with Crippen molar-refractivity contribution in [2.24, 2.45) is 0 Å². The lowest BCUT2D eigenvalue weighted by atomic mass is 9.64. The molecule has 0 aromatic heterocycles. The van der Waals surface area contributed by atoms with E-state index in [1.54, 1.807) is 0 Å². The number of fused-ring (bicyclic) bond motifs is 16. The number of rotatable bonds is 6. The van der Waals surface area contributed by atoms with Crippen LogP contribution in [0.5, 0.6) is 0 Å². The highest BCUT2D eigenvalue weighted by molar-refractivity contribution is 6.04. The van der Waals surface area contributed by atoms with E-state index >= 15 is 0 Å². The highest BCUT2D eigenvalue weighted by Gasteiger charge is 2.54. The number of hydrogen-bond donors (Lipinski definition) is 0. The molecular formula is C72H46N2. The Bertz CT molecular complexity index is 4210. The molecule has 0 radical (unpaired) electrons. The van der Waals surface area contributed by atoms with E-state index in [-0.39, 0.29) is 0 Å². The maximum atomic E-state index is 2.58. The Hall–Kier alpha value is -9.50. The molecule has 0 saturated carbocycles. The molecule has 74 heavy (non-hydrogen) atoms. The molecule has 1 atom stereocenters. The van der Waals surface area contributed by atoms with Crippen molar-refractivity contribution in [3.05, 3.63) is 324 Å². The molecule has 4 aliphatic rings. The Balaban J connectivity index is 1.03. The Morgan fingerprint density at radius 3 is 1.50 bits per heavy atom. The summed E-state index contributed by atoms with van der Waals surface area (Å²) in [5.41, 5.74) is 26.1. The minimum Gasteiger partial charge on any atom is -0.310 e. The third-order valence-electron chi connectivity index (χ3n) is 16.8. The van der Waals surface area contributed by atoms with Crippen LogP contribution < -0.4 is 9.80 Å². The molecule has 1 spiro atoms. The minimum atomic E-state index is -0.648. The van der Waals surface area contributed by atoms with Crippen LogP contribution in [0.3, 0.4) is 0 Å². The van der Waals surface area contributed by atoms with Gasteiger partial charge in [0.2, 0.25) is 0 Å². The van der Waals surface area contributed by atoms with Gasteiger partial charge >= 0.3 is 0 Å². The fraction of sp³-hybridized carbons (Fsp3) is 0.0278. The van der Waals surface area contributed by atoms with E-state index in [0.29, 0.717) is 0 Å². The maximum absolute atomic E-state index is 2.58. The largest absolute Gasteiger partial charge is 0.310 e. The van der Waals surface area contributed by atoms with E-state index < -0.39 is 10.8 Å². The summed E-state index contributed by atoms with van der Waals surface area (Å²) in [7, 11) is 0. The van der Waals surface area contributed by atoms with Crippen molar-refractivity contribution in [3.8, 4) is 44.5 Å². The van der Waals surface area contributed by atoms with Crippen LogP contribution in [0.15, 0.2) is 279 Å². The zero-order valence-electron chi connectivity index (χ0n) is 40.5. The van der Waals surface area contributed by atoms with E-state index in [1.165, 1.54) is 106 Å². The predicted molar refractivity (Wildman–Crippen MR) is 306 cm³/mol. The van der Waals surface area contributed by atoms with Crippen molar-refractivity contribution in [2.75, 3.05) is 9.80 Å². The molecule has 12 aromatic carbocycles. The summed E-state index contributed by atoms with van der Waals surface area (Å²) < 4.78 is 0. The van der Waals surface area contributed by atoms with Crippen molar-refractivity contribution >= 4 is 44.9 Å². The van der Waals surface area contributed by atoms with Gasteiger partial charge in [-0.05, 0) is 149 Å². The van der Waals surface area contributed by atoms with Crippen molar-refractivity contribution in [1.82, 2.24) is 0 Å². The third kappa shape index (κ3) is 5.39. The molecule has 12 aromatic rings. The van der Waals surface area contributed by atoms with Gasteiger partial charge in [0.25, 0.3) is 0 Å². The fourth-order valence-electron chi connectivity index (χ4n) is 14.0. The van der Waals surface area contributed by atoms with E-state index in [2.05, 4.69) is 289 Å². The third-order valence-corrected chi connectivity index (χ3v) is 16.8. The van der Waals surface area contributed by atoms with Crippen LogP contribution in [-0.4, -0.2) is 0 Å². The molecule has 16 rings (SSSR count). The normalized spacial score (nSPS) is 15.4. The SMILES string of the molecule is c1ccc(-c2cc3c(cc2N(c2ccc4c(c2)C2(c5ccccc5-c5ccccc52)c2ccccc2-4)c2ccc4ccccc4c2)C2(c4ccccc4)c4ccccc4N(c4ccccc4)c4cccc-3c42)cc1. The number of para-hydroxylation sites is 2. The van der Waals surface area contributed by atoms with Gasteiger partial charge < -0.3 is 9.80 Å². The molecule has 0 amide bonds. The van der Waals surface area contributed by atoms with Gasteiger partial charge in [-0.1, -0.05) is 218 Å². The quantitative estimate of drug-likeness (QED) is 0.164. The molecule has 1 unspecified atom stereocenters. The van der Waals surface area contributed by atoms with Crippen LogP contribution in [0.25, 0.3) is 55.3 Å². The van der Waals surface area contributed by atoms with Gasteiger partial charge in [0.05, 0.1) is 27.9 Å². The van der Waals surface area contributed by atoms with Gasteiger partial charge in [-0.2, -0.15) is 0 Å². The van der Waals surface area contributed by atoms with Gasteiger partial charge in [0.1, 0.15) is 0 Å². The van der Waals surface area contributed by atoms with Crippen LogP contribution in [0.2, 0.25) is 0 Å². The van der Waals surface area contributed by atoms with Crippen LogP contribution in [0.1, 0.15) is 44.5 Å². The number of anilines is 6. The first kappa shape index (κ1) is 41.2. The lowest BCUT2D eigenvalue weighted by Gasteiger charge is -2.44. The molecule has 2 heteroatoms. The molecule has 0 saturated heterocycles. The van der Waals surface area contributed by atoms with Gasteiger partial charge in [-0.15, -0.1) is 0 Å². The first-order valence-corrected chi connectivity index (χ1v) is 25.8. The molecule has 344 valence electrons. The topological polar surface area (TPSA) is 6.48 Å². The highest BCUT2D eigenvalue weighted by Crippen LogP contribution is 2.67. The van der Waals surface area contributed by atoms with E-state index in [4.69, 9.17) is 0 Å². The second-order valence-electron chi connectivity index (χ2n) is 20.3. The van der Waals surface area contributed by atoms with Gasteiger partial charge in [0, 0.05) is 28.2 Å². The average molecular weight is 939 g/mol. The van der Waals surface area contributed by atoms with Crippen molar-refractivity contribution in [1.29, 1.82) is 0 Å². The van der Waals surface area contributed by atoms with Crippen LogP contribution in [0.4, 0.5) is 34.1 Å². The molecule has 1 aliphatic heterocycles. The summed E-state index contributed by atoms with van der Waals surface area (Å²) in [6, 6.07) is 105. The van der Waals surface area contributed by atoms with Gasteiger partial charge in [-0.25, -0.2) is 0 Å². The second-order valence-corrected chi connectivity index (χ2v) is 20.3. The van der Waals surface area contributed by atoms with Crippen LogP contribution >= 0.6 is 0 Å². The average Bonchev–Trinajstić information content (AvgIpc) is 4.06. The van der Waals surface area contributed by atoms with Crippen LogP contribution in [-0.2, 0) is 10.8 Å². The van der Waals surface area contributed by atoms with E-state index in [0.717, 1.165) is 28.3 Å². The van der Waals surface area contributed by atoms with Gasteiger partial charge in [-0.3, -0.25) is 0 Å². The monoisotopic (exact) mass is 938 g/mol. The lowest BCUT2D eigenvalue weighted by Crippen LogP contribution is -2.36. The van der Waals surface area contributed by atoms with E-state index in [9.17, 15) is 0 Å². The van der Waals surface area contributed by atoms with Crippen LogP contribution in [0, 0.1) is 0 Å². The molecule has 1 heterocycles. The molecule has 2 nitrogen and oxygen atoms in total. The zero-order valence-corrected chi connectivity index (χ0v) is 40.5. The van der Waals surface area contributed by atoms with E-state index in [1.807, 2.05) is 0 Å². The minimum absolute atomic E-state index is 0.504. The Morgan fingerprint density at radius 1 is 0.284 bits per heavy atom. The molecular weight excluding hydrogens is 893 g/mol. The molecule has 3 aliphatic carbocycles. The highest BCUT2D eigenvalue weighted by atomic mass is 15.2. The summed E-state index contributed by atoms with van der Waals surface area (Å²) in [6.07, 6.45) is 0. The molecule has 0 bridgehead atoms. The molecule has 0 fully saturated rings. The summed E-state index contributed by atoms with van der Waals surface area (Å²) in [5, 5.41) is 2.41. The fourth-order valence-corrected chi connectivity index (χ4v) is 14.0. The summed E-state index contributed by atoms with van der Waals surface area (Å²) in [5.74, 6) is 0. The second kappa shape index (κ2) is 15.5. The Morgan fingerprint density at radius 2 is 0.797 bits per heavy atom. The summed E-state index contributed by atoms with van der Waals surface area (Å²) in [6.45, 7) is 0. The number of hydrogen-bond acceptors (Lipinski definition) is 2. The Labute approximate surface area is 431 Å². The van der Waals surface area contributed by atoms with Crippen molar-refractivity contribution in [3.63, 3.8) is 0 Å². The predicted octanol–water partition coefficient (Wildman–Crippen LogP) is 18.5. The number of nitrogens with zero attached hydrogens (tertiary/aromatic N) is 2. The van der Waals surface area contributed by atoms with Gasteiger partial charge in [0.15, 0.2) is 0 Å². The first-order chi connectivity index (χ1) is 36.7. The molecule has 0 N–H and O–H groups in total. The first-order valence-electron chi connectivity index (χ1n) is 25.8.